The zero-order chi connectivity index (χ0) is 14.2. The summed E-state index contributed by atoms with van der Waals surface area (Å²) < 4.78 is 5.53. The standard InChI is InChI=1S/C15H25NO2S2/c1-19-14-6-4-12(5-7-14)16-9-13(17)10-18-11-15-3-2-8-20-15/h2-3,8,12-14,16-17H,4-7,9-11H2,1H3. The second-order valence-corrected chi connectivity index (χ2v) is 7.54. The Labute approximate surface area is 130 Å². The van der Waals surface area contributed by atoms with Crippen molar-refractivity contribution in [2.75, 3.05) is 19.4 Å². The van der Waals surface area contributed by atoms with Crippen LogP contribution in [0.3, 0.4) is 0 Å². The molecule has 0 saturated heterocycles. The second kappa shape index (κ2) is 9.05. The minimum absolute atomic E-state index is 0.408. The molecular formula is C15H25NO2S2. The van der Waals surface area contributed by atoms with Crippen LogP contribution in [0.15, 0.2) is 17.5 Å². The Bertz CT molecular complexity index is 351. The Hall–Kier alpha value is -0.0700. The van der Waals surface area contributed by atoms with E-state index in [2.05, 4.69) is 17.6 Å². The first-order chi connectivity index (χ1) is 9.78. The number of thioether (sulfide) groups is 1. The number of aliphatic hydroxyl groups is 1. The van der Waals surface area contributed by atoms with Crippen molar-refractivity contribution in [1.82, 2.24) is 5.32 Å². The molecule has 2 rings (SSSR count). The Kier molecular flexibility index (Phi) is 7.38. The molecule has 20 heavy (non-hydrogen) atoms. The van der Waals surface area contributed by atoms with Crippen LogP contribution in [0.25, 0.3) is 0 Å². The first-order valence-corrected chi connectivity index (χ1v) is 9.49. The molecule has 0 amide bonds. The summed E-state index contributed by atoms with van der Waals surface area (Å²) in [6, 6.07) is 4.65. The molecule has 1 saturated carbocycles. The first kappa shape index (κ1) is 16.3. The number of aliphatic hydroxyl groups excluding tert-OH is 1. The highest BCUT2D eigenvalue weighted by molar-refractivity contribution is 7.99. The largest absolute Gasteiger partial charge is 0.389 e. The van der Waals surface area contributed by atoms with Crippen molar-refractivity contribution in [2.24, 2.45) is 0 Å². The third-order valence-electron chi connectivity index (χ3n) is 3.78. The number of ether oxygens (including phenoxy) is 1. The molecule has 1 aromatic heterocycles. The smallest absolute Gasteiger partial charge is 0.0897 e. The molecule has 1 fully saturated rings. The van der Waals surface area contributed by atoms with E-state index in [1.54, 1.807) is 11.3 Å². The summed E-state index contributed by atoms with van der Waals surface area (Å²) in [6.45, 7) is 1.65. The van der Waals surface area contributed by atoms with Gasteiger partial charge in [0.2, 0.25) is 0 Å². The minimum Gasteiger partial charge on any atom is -0.389 e. The molecule has 1 unspecified atom stereocenters. The lowest BCUT2D eigenvalue weighted by Gasteiger charge is -2.28. The van der Waals surface area contributed by atoms with Crippen LogP contribution in [0.5, 0.6) is 0 Å². The lowest BCUT2D eigenvalue weighted by Crippen LogP contribution is -2.39. The fraction of sp³-hybridized carbons (Fsp3) is 0.733. The Morgan fingerprint density at radius 2 is 2.25 bits per heavy atom. The highest BCUT2D eigenvalue weighted by Crippen LogP contribution is 2.26. The van der Waals surface area contributed by atoms with Crippen molar-refractivity contribution in [1.29, 1.82) is 0 Å². The predicted molar refractivity (Wildman–Crippen MR) is 87.5 cm³/mol. The average molecular weight is 316 g/mol. The van der Waals surface area contributed by atoms with Gasteiger partial charge >= 0.3 is 0 Å². The topological polar surface area (TPSA) is 41.5 Å². The number of hydrogen-bond acceptors (Lipinski definition) is 5. The van der Waals surface area contributed by atoms with Crippen LogP contribution in [0.2, 0.25) is 0 Å². The third-order valence-corrected chi connectivity index (χ3v) is 5.77. The maximum atomic E-state index is 9.92. The summed E-state index contributed by atoms with van der Waals surface area (Å²) in [5.74, 6) is 0. The summed E-state index contributed by atoms with van der Waals surface area (Å²) in [4.78, 5) is 1.21. The van der Waals surface area contributed by atoms with Crippen LogP contribution in [0.4, 0.5) is 0 Å². The van der Waals surface area contributed by atoms with Crippen molar-refractivity contribution in [3.05, 3.63) is 22.4 Å². The van der Waals surface area contributed by atoms with E-state index in [1.807, 2.05) is 23.2 Å². The van der Waals surface area contributed by atoms with Crippen LogP contribution in [-0.2, 0) is 11.3 Å². The van der Waals surface area contributed by atoms with Gasteiger partial charge in [0.1, 0.15) is 0 Å². The van der Waals surface area contributed by atoms with Gasteiger partial charge in [-0.2, -0.15) is 11.8 Å². The fourth-order valence-corrected chi connectivity index (χ4v) is 3.94. The van der Waals surface area contributed by atoms with E-state index in [-0.39, 0.29) is 0 Å². The van der Waals surface area contributed by atoms with Gasteiger partial charge in [0, 0.05) is 22.7 Å². The quantitative estimate of drug-likeness (QED) is 0.774. The van der Waals surface area contributed by atoms with E-state index in [9.17, 15) is 5.11 Å². The van der Waals surface area contributed by atoms with Crippen LogP contribution in [-0.4, -0.2) is 41.9 Å². The van der Waals surface area contributed by atoms with Crippen LogP contribution in [0.1, 0.15) is 30.6 Å². The minimum atomic E-state index is -0.409. The number of rotatable bonds is 8. The van der Waals surface area contributed by atoms with Gasteiger partial charge < -0.3 is 15.2 Å². The SMILES string of the molecule is CSC1CCC(NCC(O)COCc2cccs2)CC1. The van der Waals surface area contributed by atoms with E-state index >= 15 is 0 Å². The Morgan fingerprint density at radius 1 is 1.45 bits per heavy atom. The summed E-state index contributed by atoms with van der Waals surface area (Å²) in [5.41, 5.74) is 0. The van der Waals surface area contributed by atoms with Crippen LogP contribution in [0, 0.1) is 0 Å². The molecule has 0 spiro atoms. The number of nitrogens with one attached hydrogen (secondary N) is 1. The molecule has 1 aromatic rings. The molecule has 1 heterocycles. The first-order valence-electron chi connectivity index (χ1n) is 7.32. The van der Waals surface area contributed by atoms with Gasteiger partial charge in [-0.15, -0.1) is 11.3 Å². The summed E-state index contributed by atoms with van der Waals surface area (Å²) in [6.07, 6.45) is 6.84. The second-order valence-electron chi connectivity index (χ2n) is 5.37. The normalized spacial score (nSPS) is 24.7. The monoisotopic (exact) mass is 315 g/mol. The van der Waals surface area contributed by atoms with E-state index in [0.29, 0.717) is 25.8 Å². The van der Waals surface area contributed by atoms with Crippen molar-refractivity contribution in [3.63, 3.8) is 0 Å². The molecule has 0 bridgehead atoms. The van der Waals surface area contributed by atoms with Gasteiger partial charge in [-0.05, 0) is 43.4 Å². The molecular weight excluding hydrogens is 290 g/mol. The molecule has 1 atom stereocenters. The van der Waals surface area contributed by atoms with Crippen LogP contribution < -0.4 is 5.32 Å². The fourth-order valence-electron chi connectivity index (χ4n) is 2.55. The molecule has 0 radical (unpaired) electrons. The van der Waals surface area contributed by atoms with Crippen molar-refractivity contribution in [3.8, 4) is 0 Å². The lowest BCUT2D eigenvalue weighted by atomic mass is 9.95. The zero-order valence-corrected chi connectivity index (χ0v) is 13.7. The number of thiophene rings is 1. The van der Waals surface area contributed by atoms with E-state index in [4.69, 9.17) is 4.74 Å². The summed E-state index contributed by atoms with van der Waals surface area (Å²) in [5, 5.41) is 16.3. The Morgan fingerprint density at radius 3 is 2.90 bits per heavy atom. The van der Waals surface area contributed by atoms with Crippen molar-refractivity contribution in [2.45, 2.75) is 49.7 Å². The Balaban J connectivity index is 1.53. The molecule has 5 heteroatoms. The predicted octanol–water partition coefficient (Wildman–Crippen LogP) is 2.89. The van der Waals surface area contributed by atoms with Crippen molar-refractivity contribution >= 4 is 23.1 Å². The molecule has 1 aliphatic rings. The maximum Gasteiger partial charge on any atom is 0.0897 e. The van der Waals surface area contributed by atoms with E-state index < -0.39 is 6.10 Å². The lowest BCUT2D eigenvalue weighted by molar-refractivity contribution is 0.0280. The summed E-state index contributed by atoms with van der Waals surface area (Å²) >= 11 is 3.67. The van der Waals surface area contributed by atoms with E-state index in [1.165, 1.54) is 30.6 Å². The molecule has 0 aromatic carbocycles. The van der Waals surface area contributed by atoms with Gasteiger partial charge in [-0.25, -0.2) is 0 Å². The molecule has 2 N–H and O–H groups in total. The van der Waals surface area contributed by atoms with Crippen molar-refractivity contribution < 1.29 is 9.84 Å². The molecule has 0 aliphatic heterocycles. The highest BCUT2D eigenvalue weighted by Gasteiger charge is 2.20. The summed E-state index contributed by atoms with van der Waals surface area (Å²) in [7, 11) is 0. The maximum absolute atomic E-state index is 9.92. The van der Waals surface area contributed by atoms with Gasteiger partial charge in [0.05, 0.1) is 19.3 Å². The number of hydrogen-bond donors (Lipinski definition) is 2. The average Bonchev–Trinajstić information content (AvgIpc) is 2.99. The van der Waals surface area contributed by atoms with Gasteiger partial charge in [0.25, 0.3) is 0 Å². The molecule has 114 valence electrons. The van der Waals surface area contributed by atoms with Gasteiger partial charge in [0.15, 0.2) is 0 Å². The van der Waals surface area contributed by atoms with Gasteiger partial charge in [-0.1, -0.05) is 6.07 Å². The molecule has 1 aliphatic carbocycles. The zero-order valence-electron chi connectivity index (χ0n) is 12.1. The van der Waals surface area contributed by atoms with E-state index in [0.717, 1.165) is 5.25 Å². The molecule has 3 nitrogen and oxygen atoms in total. The van der Waals surface area contributed by atoms with Gasteiger partial charge in [-0.3, -0.25) is 0 Å². The highest BCUT2D eigenvalue weighted by atomic mass is 32.2. The third kappa shape index (κ3) is 5.74. The van der Waals surface area contributed by atoms with Crippen LogP contribution >= 0.6 is 23.1 Å².